The van der Waals surface area contributed by atoms with E-state index in [1.54, 1.807) is 6.21 Å². The Kier molecular flexibility index (Phi) is 3.76. The highest BCUT2D eigenvalue weighted by Gasteiger charge is 2.12. The lowest BCUT2D eigenvalue weighted by molar-refractivity contribution is 1.16. The molecule has 1 unspecified atom stereocenters. The van der Waals surface area contributed by atoms with E-state index < -0.39 is 5.50 Å². The van der Waals surface area contributed by atoms with Gasteiger partial charge >= 0.3 is 0 Å². The van der Waals surface area contributed by atoms with Crippen LogP contribution in [0, 0.1) is 0 Å². The van der Waals surface area contributed by atoms with E-state index in [2.05, 4.69) is 25.9 Å². The number of thiophene rings is 1. The summed E-state index contributed by atoms with van der Waals surface area (Å²) in [5.41, 5.74) is 1.23. The van der Waals surface area contributed by atoms with Crippen LogP contribution in [0.1, 0.15) is 5.56 Å². The number of fused-ring (bicyclic) bond motifs is 1. The number of hydrogen-bond acceptors (Lipinski definition) is 3. The van der Waals surface area contributed by atoms with Crippen LogP contribution in [-0.2, 0) is 0 Å². The van der Waals surface area contributed by atoms with Crippen LogP contribution in [0.25, 0.3) is 5.70 Å². The summed E-state index contributed by atoms with van der Waals surface area (Å²) < 4.78 is 1.85. The molecule has 1 aliphatic heterocycles. The first-order valence-electron chi connectivity index (χ1n) is 5.46. The molecule has 3 rings (SSSR count). The monoisotopic (exact) mass is 372 g/mol. The minimum absolute atomic E-state index is 0.454. The van der Waals surface area contributed by atoms with Gasteiger partial charge in [-0.3, -0.25) is 4.99 Å². The van der Waals surface area contributed by atoms with Crippen molar-refractivity contribution in [2.75, 3.05) is 0 Å². The summed E-state index contributed by atoms with van der Waals surface area (Å²) in [6.45, 7) is 0. The van der Waals surface area contributed by atoms with Crippen LogP contribution in [0.4, 0.5) is 0 Å². The molecule has 96 valence electrons. The summed E-state index contributed by atoms with van der Waals surface area (Å²) >= 11 is 17.3. The van der Waals surface area contributed by atoms with Crippen LogP contribution >= 0.6 is 50.5 Å². The van der Waals surface area contributed by atoms with Crippen molar-refractivity contribution in [1.82, 2.24) is 0 Å². The van der Waals surface area contributed by atoms with E-state index in [0.29, 0.717) is 5.02 Å². The molecule has 0 bridgehead atoms. The van der Waals surface area contributed by atoms with Gasteiger partial charge in [-0.2, -0.15) is 0 Å². The van der Waals surface area contributed by atoms with Gasteiger partial charge in [0.25, 0.3) is 0 Å². The molecule has 6 heteroatoms. The summed E-state index contributed by atoms with van der Waals surface area (Å²) in [4.78, 5) is 8.86. The first-order chi connectivity index (χ1) is 9.15. The third-order valence-corrected chi connectivity index (χ3v) is 4.72. The van der Waals surface area contributed by atoms with E-state index in [9.17, 15) is 0 Å². The van der Waals surface area contributed by atoms with Crippen molar-refractivity contribution in [3.63, 3.8) is 0 Å². The van der Waals surface area contributed by atoms with E-state index in [4.69, 9.17) is 23.2 Å². The van der Waals surface area contributed by atoms with Gasteiger partial charge < -0.3 is 0 Å². The number of rotatable bonds is 1. The smallest absolute Gasteiger partial charge is 0.160 e. The zero-order chi connectivity index (χ0) is 13.4. The van der Waals surface area contributed by atoms with Crippen LogP contribution in [0.5, 0.6) is 0 Å². The Labute approximate surface area is 132 Å². The van der Waals surface area contributed by atoms with Crippen molar-refractivity contribution in [2.45, 2.75) is 5.50 Å². The third-order valence-electron chi connectivity index (χ3n) is 2.63. The Balaban J connectivity index is 2.39. The van der Waals surface area contributed by atoms with E-state index >= 15 is 0 Å². The SMILES string of the molecule is Clc1ccccc1C1=c2cc(Br)sc2=NC(Cl)C=N1. The molecule has 19 heavy (non-hydrogen) atoms. The second-order valence-corrected chi connectivity index (χ2v) is 7.14. The highest BCUT2D eigenvalue weighted by Crippen LogP contribution is 2.23. The maximum Gasteiger partial charge on any atom is 0.160 e. The minimum atomic E-state index is -0.454. The molecule has 0 radical (unpaired) electrons. The van der Waals surface area contributed by atoms with Crippen molar-refractivity contribution < 1.29 is 0 Å². The summed E-state index contributed by atoms with van der Waals surface area (Å²) in [7, 11) is 0. The highest BCUT2D eigenvalue weighted by atomic mass is 79.9. The average Bonchev–Trinajstić information content (AvgIpc) is 2.65. The van der Waals surface area contributed by atoms with E-state index in [1.807, 2.05) is 30.3 Å². The number of benzene rings is 1. The maximum absolute atomic E-state index is 6.25. The number of alkyl halides is 1. The first-order valence-corrected chi connectivity index (χ1v) is 7.88. The van der Waals surface area contributed by atoms with Crippen molar-refractivity contribution in [3.05, 3.63) is 54.6 Å². The van der Waals surface area contributed by atoms with Gasteiger partial charge in [-0.25, -0.2) is 4.99 Å². The fraction of sp³-hybridized carbons (Fsp3) is 0.0769. The molecule has 0 spiro atoms. The van der Waals surface area contributed by atoms with Gasteiger partial charge in [0.1, 0.15) is 4.67 Å². The molecule has 1 aromatic heterocycles. The Bertz CT molecular complexity index is 782. The van der Waals surface area contributed by atoms with Crippen LogP contribution in [0.2, 0.25) is 5.02 Å². The van der Waals surface area contributed by atoms with Crippen LogP contribution in [-0.4, -0.2) is 11.7 Å². The summed E-state index contributed by atoms with van der Waals surface area (Å²) in [6, 6.07) is 9.62. The van der Waals surface area contributed by atoms with Crippen LogP contribution < -0.4 is 9.89 Å². The zero-order valence-corrected chi connectivity index (χ0v) is 13.4. The largest absolute Gasteiger partial charge is 0.256 e. The van der Waals surface area contributed by atoms with E-state index in [1.165, 1.54) is 11.3 Å². The second-order valence-electron chi connectivity index (χ2n) is 3.88. The molecule has 2 aromatic rings. The van der Waals surface area contributed by atoms with Gasteiger partial charge in [0, 0.05) is 22.0 Å². The maximum atomic E-state index is 6.25. The summed E-state index contributed by atoms with van der Waals surface area (Å²) in [5, 5.41) is 1.61. The molecular formula is C13H7BrCl2N2S. The average molecular weight is 374 g/mol. The fourth-order valence-electron chi connectivity index (χ4n) is 1.84. The summed E-state index contributed by atoms with van der Waals surface area (Å²) in [6.07, 6.45) is 1.63. The predicted molar refractivity (Wildman–Crippen MR) is 84.9 cm³/mol. The molecule has 2 nitrogen and oxygen atoms in total. The zero-order valence-electron chi connectivity index (χ0n) is 9.48. The Morgan fingerprint density at radius 3 is 2.84 bits per heavy atom. The first kappa shape index (κ1) is 13.3. The lowest BCUT2D eigenvalue weighted by atomic mass is 10.1. The highest BCUT2D eigenvalue weighted by molar-refractivity contribution is 9.11. The van der Waals surface area contributed by atoms with Gasteiger partial charge in [0.05, 0.1) is 9.48 Å². The third kappa shape index (κ3) is 2.63. The van der Waals surface area contributed by atoms with Crippen molar-refractivity contribution in [2.24, 2.45) is 9.98 Å². The number of halogens is 3. The predicted octanol–water partition coefficient (Wildman–Crippen LogP) is 3.59. The second kappa shape index (κ2) is 5.37. The molecule has 0 aliphatic carbocycles. The molecule has 0 saturated carbocycles. The van der Waals surface area contributed by atoms with Gasteiger partial charge in [-0.1, -0.05) is 41.4 Å². The van der Waals surface area contributed by atoms with Crippen molar-refractivity contribution in [1.29, 1.82) is 0 Å². The van der Waals surface area contributed by atoms with Crippen molar-refractivity contribution >= 4 is 62.4 Å². The molecule has 2 heterocycles. The topological polar surface area (TPSA) is 24.7 Å². The molecule has 1 aromatic carbocycles. The lowest BCUT2D eigenvalue weighted by Crippen LogP contribution is -2.21. The quantitative estimate of drug-likeness (QED) is 0.539. The normalized spacial score (nSPS) is 17.8. The molecule has 1 atom stereocenters. The van der Waals surface area contributed by atoms with Gasteiger partial charge in [-0.05, 0) is 28.1 Å². The number of nitrogens with zero attached hydrogens (tertiary/aromatic N) is 2. The van der Waals surface area contributed by atoms with Crippen molar-refractivity contribution in [3.8, 4) is 0 Å². The number of aliphatic imine (C=N–C) groups is 1. The van der Waals surface area contributed by atoms with Crippen LogP contribution in [0.15, 0.2) is 44.1 Å². The minimum Gasteiger partial charge on any atom is -0.256 e. The summed E-state index contributed by atoms with van der Waals surface area (Å²) in [5.74, 6) is 0. The Hall–Kier alpha value is -0.680. The van der Waals surface area contributed by atoms with Crippen LogP contribution in [0.3, 0.4) is 0 Å². The molecule has 0 fully saturated rings. The molecule has 0 amide bonds. The Morgan fingerprint density at radius 1 is 1.26 bits per heavy atom. The van der Waals surface area contributed by atoms with Gasteiger partial charge in [-0.15, -0.1) is 11.3 Å². The van der Waals surface area contributed by atoms with E-state index in [-0.39, 0.29) is 0 Å². The van der Waals surface area contributed by atoms with Gasteiger partial charge in [0.2, 0.25) is 0 Å². The number of hydrogen-bond donors (Lipinski definition) is 0. The standard InChI is InChI=1S/C13H7BrCl2N2S/c14-10-5-8-12(7-3-1-2-4-9(7)15)17-6-11(16)18-13(8)19-10/h1-6,11H. The fourth-order valence-corrected chi connectivity index (χ4v) is 3.76. The van der Waals surface area contributed by atoms with E-state index in [0.717, 1.165) is 24.9 Å². The molecule has 0 N–H and O–H groups in total. The molecular weight excluding hydrogens is 367 g/mol. The molecule has 1 aliphatic rings. The van der Waals surface area contributed by atoms with Gasteiger partial charge in [0.15, 0.2) is 5.50 Å². The Morgan fingerprint density at radius 2 is 2.05 bits per heavy atom. The molecule has 0 saturated heterocycles. The lowest BCUT2D eigenvalue weighted by Gasteiger charge is -2.03.